The number of hydrogen-bond donors (Lipinski definition) is 1. The molecular weight excluding hydrogens is 485 g/mol. The lowest BCUT2D eigenvalue weighted by Gasteiger charge is -2.10. The van der Waals surface area contributed by atoms with Crippen LogP contribution >= 0.6 is 34.8 Å². The van der Waals surface area contributed by atoms with E-state index >= 15 is 0 Å². The van der Waals surface area contributed by atoms with Crippen LogP contribution < -0.4 is 5.32 Å². The monoisotopic (exact) mass is 497 g/mol. The molecule has 5 rings (SSSR count). The second-order valence-corrected chi connectivity index (χ2v) is 8.41. The van der Waals surface area contributed by atoms with E-state index in [1.165, 1.54) is 17.1 Å². The average Bonchev–Trinajstić information content (AvgIpc) is 3.39. The first-order valence-electron chi connectivity index (χ1n) is 9.69. The summed E-state index contributed by atoms with van der Waals surface area (Å²) in [6, 6.07) is 13.7. The van der Waals surface area contributed by atoms with E-state index in [0.717, 1.165) is 5.69 Å². The minimum atomic E-state index is -0.425. The largest absolute Gasteiger partial charge is 0.306 e. The first kappa shape index (κ1) is 21.4. The summed E-state index contributed by atoms with van der Waals surface area (Å²) in [7, 11) is 0. The Hall–Kier alpha value is -3.46. The molecule has 0 aliphatic carbocycles. The van der Waals surface area contributed by atoms with Crippen molar-refractivity contribution in [3.05, 3.63) is 87.4 Å². The van der Waals surface area contributed by atoms with Gasteiger partial charge >= 0.3 is 0 Å². The van der Waals surface area contributed by atoms with Crippen molar-refractivity contribution in [1.29, 1.82) is 0 Å². The highest BCUT2D eigenvalue weighted by molar-refractivity contribution is 6.36. The van der Waals surface area contributed by atoms with Crippen molar-refractivity contribution >= 4 is 57.6 Å². The summed E-state index contributed by atoms with van der Waals surface area (Å²) in [4.78, 5) is 21.7. The third kappa shape index (κ3) is 4.04. The SMILES string of the molecule is Cc1cc(NC(=O)c2cc(Cl)ccc2Cl)n(-c2ncnc3c2cnn3-c2ccc(Cl)cc2)n1. The summed E-state index contributed by atoms with van der Waals surface area (Å²) in [5, 5.41) is 13.8. The molecule has 0 spiro atoms. The maximum absolute atomic E-state index is 12.9. The topological polar surface area (TPSA) is 90.5 Å². The molecule has 0 bridgehead atoms. The number of aromatic nitrogens is 6. The molecule has 8 nitrogen and oxygen atoms in total. The number of nitrogens with one attached hydrogen (secondary N) is 1. The molecule has 1 amide bonds. The summed E-state index contributed by atoms with van der Waals surface area (Å²) in [5.41, 5.74) is 2.29. The molecule has 0 aliphatic rings. The fourth-order valence-corrected chi connectivity index (χ4v) is 3.88. The number of carbonyl (C=O) groups is 1. The van der Waals surface area contributed by atoms with Gasteiger partial charge in [0.1, 0.15) is 12.1 Å². The van der Waals surface area contributed by atoms with Crippen LogP contribution in [0.25, 0.3) is 22.5 Å². The second-order valence-electron chi connectivity index (χ2n) is 7.13. The van der Waals surface area contributed by atoms with Crippen LogP contribution in [0.15, 0.2) is 61.1 Å². The summed E-state index contributed by atoms with van der Waals surface area (Å²) in [5.74, 6) is 0.444. The first-order chi connectivity index (χ1) is 15.9. The molecule has 2 aromatic carbocycles. The summed E-state index contributed by atoms with van der Waals surface area (Å²) >= 11 is 18.2. The zero-order chi connectivity index (χ0) is 23.1. The minimum Gasteiger partial charge on any atom is -0.306 e. The van der Waals surface area contributed by atoms with Crippen LogP contribution in [0.2, 0.25) is 15.1 Å². The van der Waals surface area contributed by atoms with Gasteiger partial charge in [0.05, 0.1) is 33.6 Å². The fourth-order valence-electron chi connectivity index (χ4n) is 3.38. The molecule has 0 atom stereocenters. The van der Waals surface area contributed by atoms with Crippen molar-refractivity contribution in [2.24, 2.45) is 0 Å². The standard InChI is InChI=1S/C22H14Cl3N7O/c1-12-8-19(29-22(33)16-9-14(24)4-7-18(16)25)32(30-12)21-17-10-28-31(20(17)26-11-27-21)15-5-2-13(23)3-6-15/h2-11H,1H3,(H,29,33). The Bertz CT molecular complexity index is 1510. The molecule has 3 aromatic heterocycles. The minimum absolute atomic E-state index is 0.248. The molecule has 0 aliphatic heterocycles. The van der Waals surface area contributed by atoms with Gasteiger partial charge in [-0.1, -0.05) is 34.8 Å². The van der Waals surface area contributed by atoms with Gasteiger partial charge in [0.25, 0.3) is 5.91 Å². The predicted molar refractivity (Wildman–Crippen MR) is 128 cm³/mol. The van der Waals surface area contributed by atoms with E-state index in [1.807, 2.05) is 19.1 Å². The highest BCUT2D eigenvalue weighted by atomic mass is 35.5. The van der Waals surface area contributed by atoms with Crippen LogP contribution in [0, 0.1) is 6.92 Å². The zero-order valence-electron chi connectivity index (χ0n) is 17.0. The van der Waals surface area contributed by atoms with Crippen LogP contribution in [0.5, 0.6) is 0 Å². The lowest BCUT2D eigenvalue weighted by atomic mass is 10.2. The quantitative estimate of drug-likeness (QED) is 0.352. The lowest BCUT2D eigenvalue weighted by Crippen LogP contribution is -2.16. The van der Waals surface area contributed by atoms with E-state index in [2.05, 4.69) is 25.5 Å². The molecule has 0 unspecified atom stereocenters. The number of rotatable bonds is 4. The number of nitrogens with zero attached hydrogens (tertiary/aromatic N) is 6. The summed E-state index contributed by atoms with van der Waals surface area (Å²) in [6.45, 7) is 1.81. The van der Waals surface area contributed by atoms with Gasteiger partial charge in [0.15, 0.2) is 11.5 Å². The normalized spacial score (nSPS) is 11.2. The van der Waals surface area contributed by atoms with Crippen LogP contribution in [0.1, 0.15) is 16.1 Å². The van der Waals surface area contributed by atoms with E-state index in [1.54, 1.807) is 41.2 Å². The summed E-state index contributed by atoms with van der Waals surface area (Å²) in [6.07, 6.45) is 3.07. The second kappa shape index (κ2) is 8.47. The van der Waals surface area contributed by atoms with Crippen LogP contribution in [-0.4, -0.2) is 35.4 Å². The van der Waals surface area contributed by atoms with E-state index in [0.29, 0.717) is 38.4 Å². The van der Waals surface area contributed by atoms with Crippen LogP contribution in [-0.2, 0) is 0 Å². The van der Waals surface area contributed by atoms with Crippen molar-refractivity contribution in [3.8, 4) is 11.5 Å². The molecule has 0 radical (unpaired) electrons. The van der Waals surface area contributed by atoms with Gasteiger partial charge < -0.3 is 5.32 Å². The Labute approximate surface area is 202 Å². The number of fused-ring (bicyclic) bond motifs is 1. The predicted octanol–water partition coefficient (Wildman–Crippen LogP) is 5.52. The molecule has 5 aromatic rings. The fraction of sp³-hybridized carbons (Fsp3) is 0.0455. The summed E-state index contributed by atoms with van der Waals surface area (Å²) < 4.78 is 3.21. The number of carbonyl (C=O) groups excluding carboxylic acids is 1. The number of halogens is 3. The van der Waals surface area contributed by atoms with E-state index < -0.39 is 5.91 Å². The van der Waals surface area contributed by atoms with Gasteiger partial charge in [-0.15, -0.1) is 0 Å². The molecule has 164 valence electrons. The Morgan fingerprint density at radius 2 is 1.70 bits per heavy atom. The average molecular weight is 499 g/mol. The van der Waals surface area contributed by atoms with Crippen molar-refractivity contribution < 1.29 is 4.79 Å². The van der Waals surface area contributed by atoms with Crippen LogP contribution in [0.3, 0.4) is 0 Å². The van der Waals surface area contributed by atoms with Crippen molar-refractivity contribution in [3.63, 3.8) is 0 Å². The third-order valence-corrected chi connectivity index (χ3v) is 5.68. The number of amides is 1. The number of anilines is 1. The third-order valence-electron chi connectivity index (χ3n) is 4.86. The molecular formula is C22H14Cl3N7O. The molecule has 1 N–H and O–H groups in total. The lowest BCUT2D eigenvalue weighted by molar-refractivity contribution is 0.102. The van der Waals surface area contributed by atoms with Gasteiger partial charge in [-0.2, -0.15) is 14.9 Å². The molecule has 3 heterocycles. The Morgan fingerprint density at radius 1 is 0.939 bits per heavy atom. The molecule has 0 saturated heterocycles. The van der Waals surface area contributed by atoms with Gasteiger partial charge in [-0.25, -0.2) is 14.6 Å². The van der Waals surface area contributed by atoms with Crippen molar-refractivity contribution in [2.45, 2.75) is 6.92 Å². The zero-order valence-corrected chi connectivity index (χ0v) is 19.3. The Morgan fingerprint density at radius 3 is 2.48 bits per heavy atom. The van der Waals surface area contributed by atoms with E-state index in [4.69, 9.17) is 34.8 Å². The van der Waals surface area contributed by atoms with Crippen molar-refractivity contribution in [1.82, 2.24) is 29.5 Å². The maximum atomic E-state index is 12.9. The Kier molecular flexibility index (Phi) is 5.49. The van der Waals surface area contributed by atoms with Gasteiger partial charge in [-0.05, 0) is 49.4 Å². The number of hydrogen-bond acceptors (Lipinski definition) is 5. The molecule has 0 saturated carbocycles. The van der Waals surface area contributed by atoms with Gasteiger partial charge in [-0.3, -0.25) is 4.79 Å². The number of benzene rings is 2. The smallest absolute Gasteiger partial charge is 0.258 e. The molecule has 0 fully saturated rings. The van der Waals surface area contributed by atoms with Gasteiger partial charge in [0, 0.05) is 16.1 Å². The van der Waals surface area contributed by atoms with Crippen LogP contribution in [0.4, 0.5) is 5.82 Å². The first-order valence-corrected chi connectivity index (χ1v) is 10.8. The number of aryl methyl sites for hydroxylation is 1. The maximum Gasteiger partial charge on any atom is 0.258 e. The highest BCUT2D eigenvalue weighted by Gasteiger charge is 2.19. The van der Waals surface area contributed by atoms with E-state index in [-0.39, 0.29) is 10.6 Å². The van der Waals surface area contributed by atoms with E-state index in [9.17, 15) is 4.79 Å². The molecule has 33 heavy (non-hydrogen) atoms. The van der Waals surface area contributed by atoms with Crippen molar-refractivity contribution in [2.75, 3.05) is 5.32 Å². The molecule has 11 heteroatoms. The Balaban J connectivity index is 1.57. The van der Waals surface area contributed by atoms with Gasteiger partial charge in [0.2, 0.25) is 0 Å². The highest BCUT2D eigenvalue weighted by Crippen LogP contribution is 2.26.